The molecule has 1 N–H and O–H groups in total. The van der Waals surface area contributed by atoms with Crippen molar-refractivity contribution in [3.63, 3.8) is 0 Å². The molecule has 0 heterocycles. The van der Waals surface area contributed by atoms with E-state index in [2.05, 4.69) is 5.32 Å². The van der Waals surface area contributed by atoms with Crippen molar-refractivity contribution in [2.75, 3.05) is 0 Å². The van der Waals surface area contributed by atoms with E-state index in [1.165, 1.54) is 6.42 Å². The van der Waals surface area contributed by atoms with Crippen molar-refractivity contribution >= 4 is 35.1 Å². The second-order valence-corrected chi connectivity index (χ2v) is 7.59. The summed E-state index contributed by atoms with van der Waals surface area (Å²) < 4.78 is 4.13. The van der Waals surface area contributed by atoms with Crippen molar-refractivity contribution in [3.05, 3.63) is 0 Å². The Labute approximate surface area is 129 Å². The average molecular weight is 322 g/mol. The van der Waals surface area contributed by atoms with Crippen LogP contribution in [0.4, 0.5) is 0 Å². The molecule has 0 saturated heterocycles. The molecule has 2 aliphatic carbocycles. The molecule has 2 fully saturated rings. The van der Waals surface area contributed by atoms with Gasteiger partial charge in [0.1, 0.15) is 9.75 Å². The van der Waals surface area contributed by atoms with Crippen LogP contribution in [0.1, 0.15) is 52.4 Å². The first-order valence-corrected chi connectivity index (χ1v) is 7.91. The van der Waals surface area contributed by atoms with E-state index in [4.69, 9.17) is 27.9 Å². The summed E-state index contributed by atoms with van der Waals surface area (Å²) in [4.78, 5) is 24.0. The van der Waals surface area contributed by atoms with Crippen molar-refractivity contribution in [1.29, 1.82) is 0 Å². The molecule has 0 bridgehead atoms. The molecule has 2 rings (SSSR count). The summed E-state index contributed by atoms with van der Waals surface area (Å²) in [5.41, 5.74) is -0.893. The molecule has 114 valence electrons. The number of hydrogen-bond acceptors (Lipinski definition) is 3. The Morgan fingerprint density at radius 1 is 1.25 bits per heavy atom. The molecule has 4 nitrogen and oxygen atoms in total. The fourth-order valence-corrected chi connectivity index (χ4v) is 3.22. The molecule has 0 aromatic carbocycles. The average Bonchev–Trinajstić information content (AvgIpc) is 2.91. The van der Waals surface area contributed by atoms with E-state index >= 15 is 0 Å². The monoisotopic (exact) mass is 321 g/mol. The number of amides is 1. The number of rotatable bonds is 4. The Morgan fingerprint density at radius 3 is 2.30 bits per heavy atom. The largest absolute Gasteiger partial charge is 0.452 e. The summed E-state index contributed by atoms with van der Waals surface area (Å²) >= 11 is 11.9. The lowest BCUT2D eigenvalue weighted by atomic mass is 9.95. The summed E-state index contributed by atoms with van der Waals surface area (Å²) in [6, 6.07) is 0.203. The Hall–Kier alpha value is -0.480. The molecule has 1 amide bonds. The van der Waals surface area contributed by atoms with E-state index < -0.39 is 21.8 Å². The van der Waals surface area contributed by atoms with Gasteiger partial charge in [-0.25, -0.2) is 0 Å². The van der Waals surface area contributed by atoms with Gasteiger partial charge in [-0.3, -0.25) is 9.59 Å². The lowest BCUT2D eigenvalue weighted by Gasteiger charge is -2.25. The first-order valence-electron chi connectivity index (χ1n) is 7.15. The molecule has 0 spiro atoms. The third-order valence-electron chi connectivity index (χ3n) is 4.31. The number of hydrogen-bond donors (Lipinski definition) is 1. The molecule has 2 unspecified atom stereocenters. The highest BCUT2D eigenvalue weighted by molar-refractivity contribution is 6.53. The minimum Gasteiger partial charge on any atom is -0.452 e. The molecule has 2 saturated carbocycles. The molecular formula is C14H21Cl2NO3. The van der Waals surface area contributed by atoms with Gasteiger partial charge in [0.2, 0.25) is 0 Å². The molecule has 2 atom stereocenters. The van der Waals surface area contributed by atoms with Crippen molar-refractivity contribution in [2.24, 2.45) is 5.41 Å². The quantitative estimate of drug-likeness (QED) is 0.639. The maximum absolute atomic E-state index is 12.0. The maximum atomic E-state index is 12.0. The number of carbonyl (C=O) groups excluding carboxylic acids is 2. The van der Waals surface area contributed by atoms with E-state index in [0.717, 1.165) is 25.7 Å². The highest BCUT2D eigenvalue weighted by atomic mass is 35.5. The van der Waals surface area contributed by atoms with E-state index in [1.807, 2.05) is 0 Å². The van der Waals surface area contributed by atoms with Gasteiger partial charge in [-0.2, -0.15) is 0 Å². The van der Waals surface area contributed by atoms with Gasteiger partial charge < -0.3 is 10.1 Å². The van der Waals surface area contributed by atoms with Crippen molar-refractivity contribution in [1.82, 2.24) is 5.32 Å². The molecule has 0 aliphatic heterocycles. The topological polar surface area (TPSA) is 55.4 Å². The van der Waals surface area contributed by atoms with Crippen molar-refractivity contribution in [3.8, 4) is 0 Å². The fourth-order valence-electron chi connectivity index (χ4n) is 2.53. The number of carbonyl (C=O) groups is 2. The van der Waals surface area contributed by atoms with Crippen molar-refractivity contribution < 1.29 is 14.3 Å². The van der Waals surface area contributed by atoms with Crippen LogP contribution in [0.15, 0.2) is 0 Å². The third kappa shape index (κ3) is 3.22. The zero-order valence-electron chi connectivity index (χ0n) is 11.9. The van der Waals surface area contributed by atoms with Crippen LogP contribution >= 0.6 is 23.2 Å². The molecular weight excluding hydrogens is 301 g/mol. The van der Waals surface area contributed by atoms with E-state index in [-0.39, 0.29) is 11.9 Å². The van der Waals surface area contributed by atoms with Gasteiger partial charge in [-0.1, -0.05) is 19.3 Å². The molecule has 6 heteroatoms. The number of ether oxygens (including phenoxy) is 1. The maximum Gasteiger partial charge on any atom is 0.315 e. The van der Waals surface area contributed by atoms with Gasteiger partial charge in [-0.05, 0) is 26.7 Å². The van der Waals surface area contributed by atoms with Gasteiger partial charge in [0, 0.05) is 12.5 Å². The SMILES string of the molecule is CC(OC(=O)C1(C)CC1(Cl)Cl)C(=O)NC1CCCCC1. The van der Waals surface area contributed by atoms with Gasteiger partial charge in [0.15, 0.2) is 6.10 Å². The van der Waals surface area contributed by atoms with Crippen LogP contribution in [0, 0.1) is 5.41 Å². The zero-order valence-corrected chi connectivity index (χ0v) is 13.4. The molecule has 20 heavy (non-hydrogen) atoms. The number of alkyl halides is 2. The van der Waals surface area contributed by atoms with Crippen LogP contribution in [-0.4, -0.2) is 28.4 Å². The van der Waals surface area contributed by atoms with Crippen LogP contribution in [-0.2, 0) is 14.3 Å². The second kappa shape index (κ2) is 5.72. The highest BCUT2D eigenvalue weighted by Gasteiger charge is 2.69. The Morgan fingerprint density at radius 2 is 1.80 bits per heavy atom. The Kier molecular flexibility index (Phi) is 4.55. The normalized spacial score (nSPS) is 30.4. The minimum atomic E-state index is -1.07. The summed E-state index contributed by atoms with van der Waals surface area (Å²) in [6.07, 6.45) is 5.04. The number of nitrogens with one attached hydrogen (secondary N) is 1. The molecule has 0 aromatic heterocycles. The van der Waals surface area contributed by atoms with Crippen LogP contribution in [0.25, 0.3) is 0 Å². The predicted octanol–water partition coefficient (Wildman–Crippen LogP) is 2.95. The number of halogens is 2. The van der Waals surface area contributed by atoms with E-state index in [0.29, 0.717) is 6.42 Å². The fraction of sp³-hybridized carbons (Fsp3) is 0.857. The first-order chi connectivity index (χ1) is 9.26. The molecule has 2 aliphatic rings. The standard InChI is InChI=1S/C14H21Cl2NO3/c1-9(11(18)17-10-6-4-3-5-7-10)20-12(19)13(2)8-14(13,15)16/h9-10H,3-8H2,1-2H3,(H,17,18). The lowest BCUT2D eigenvalue weighted by Crippen LogP contribution is -2.43. The Balaban J connectivity index is 1.80. The smallest absolute Gasteiger partial charge is 0.315 e. The summed E-state index contributed by atoms with van der Waals surface area (Å²) in [5, 5.41) is 2.93. The first kappa shape index (κ1) is 15.9. The van der Waals surface area contributed by atoms with Crippen LogP contribution in [0.2, 0.25) is 0 Å². The van der Waals surface area contributed by atoms with Gasteiger partial charge in [0.25, 0.3) is 5.91 Å². The molecule has 0 radical (unpaired) electrons. The predicted molar refractivity (Wildman–Crippen MR) is 77.7 cm³/mol. The molecule has 0 aromatic rings. The third-order valence-corrected chi connectivity index (χ3v) is 5.41. The lowest BCUT2D eigenvalue weighted by molar-refractivity contribution is -0.160. The van der Waals surface area contributed by atoms with Crippen LogP contribution in [0.5, 0.6) is 0 Å². The van der Waals surface area contributed by atoms with E-state index in [1.54, 1.807) is 13.8 Å². The van der Waals surface area contributed by atoms with E-state index in [9.17, 15) is 9.59 Å². The van der Waals surface area contributed by atoms with Gasteiger partial charge in [-0.15, -0.1) is 23.2 Å². The van der Waals surface area contributed by atoms with Crippen LogP contribution in [0.3, 0.4) is 0 Å². The number of esters is 1. The zero-order chi connectivity index (χ0) is 15.0. The summed E-state index contributed by atoms with van der Waals surface area (Å²) in [5.74, 6) is -0.752. The summed E-state index contributed by atoms with van der Waals surface area (Å²) in [6.45, 7) is 3.23. The minimum absolute atomic E-state index is 0.203. The highest BCUT2D eigenvalue weighted by Crippen LogP contribution is 2.64. The van der Waals surface area contributed by atoms with Crippen LogP contribution < -0.4 is 5.32 Å². The van der Waals surface area contributed by atoms with Crippen molar-refractivity contribution in [2.45, 2.75) is 68.9 Å². The second-order valence-electron chi connectivity index (χ2n) is 6.10. The Bertz CT molecular complexity index is 407. The van der Waals surface area contributed by atoms with Gasteiger partial charge in [0.05, 0.1) is 0 Å². The van der Waals surface area contributed by atoms with Gasteiger partial charge >= 0.3 is 5.97 Å². The summed E-state index contributed by atoms with van der Waals surface area (Å²) in [7, 11) is 0.